The van der Waals surface area contributed by atoms with E-state index in [0.717, 1.165) is 9.21 Å². The summed E-state index contributed by atoms with van der Waals surface area (Å²) in [5.41, 5.74) is 0.330. The topological polar surface area (TPSA) is 105 Å². The monoisotopic (exact) mass is 591 g/mol. The van der Waals surface area contributed by atoms with E-state index in [9.17, 15) is 22.4 Å². The Bertz CT molecular complexity index is 1450. The van der Waals surface area contributed by atoms with Gasteiger partial charge in [0.1, 0.15) is 18.4 Å². The van der Waals surface area contributed by atoms with Gasteiger partial charge in [0.25, 0.3) is 10.0 Å². The Labute approximate surface area is 238 Å². The predicted molar refractivity (Wildman–Crippen MR) is 151 cm³/mol. The van der Waals surface area contributed by atoms with Crippen LogP contribution in [0.25, 0.3) is 0 Å². The molecular weight excluding hydrogens is 561 g/mol. The minimum atomic E-state index is -4.36. The van der Waals surface area contributed by atoms with Crippen molar-refractivity contribution in [2.24, 2.45) is 0 Å². The molecule has 0 aliphatic heterocycles. The minimum absolute atomic E-state index is 0.157. The van der Waals surface area contributed by atoms with Crippen molar-refractivity contribution in [3.8, 4) is 11.5 Å². The van der Waals surface area contributed by atoms with Crippen molar-refractivity contribution in [3.63, 3.8) is 0 Å². The molecule has 0 saturated heterocycles. The fourth-order valence-electron chi connectivity index (χ4n) is 3.96. The number of nitrogens with zero attached hydrogens (tertiary/aromatic N) is 2. The number of halogens is 2. The molecule has 3 rings (SSSR count). The van der Waals surface area contributed by atoms with Crippen LogP contribution < -0.4 is 19.1 Å². The summed E-state index contributed by atoms with van der Waals surface area (Å²) in [6.07, 6.45) is 0. The summed E-state index contributed by atoms with van der Waals surface area (Å²) in [6.45, 7) is 2.60. The Balaban J connectivity index is 2.08. The maximum atomic E-state index is 14.6. The Kier molecular flexibility index (Phi) is 10.4. The molecule has 0 spiro atoms. The number of carbonyl (C=O) groups is 2. The van der Waals surface area contributed by atoms with Gasteiger partial charge >= 0.3 is 0 Å². The summed E-state index contributed by atoms with van der Waals surface area (Å²) in [5.74, 6) is -1.25. The molecule has 0 aromatic heterocycles. The summed E-state index contributed by atoms with van der Waals surface area (Å²) in [7, 11) is -1.56. The van der Waals surface area contributed by atoms with Crippen molar-refractivity contribution in [1.29, 1.82) is 0 Å². The van der Waals surface area contributed by atoms with Crippen LogP contribution in [0.5, 0.6) is 11.5 Å². The van der Waals surface area contributed by atoms with Gasteiger partial charge < -0.3 is 19.7 Å². The molecule has 40 heavy (non-hydrogen) atoms. The summed E-state index contributed by atoms with van der Waals surface area (Å²) in [5, 5.41) is 3.02. The zero-order chi connectivity index (χ0) is 29.4. The molecule has 12 heteroatoms. The molecule has 0 bridgehead atoms. The average molecular weight is 592 g/mol. The third-order valence-electron chi connectivity index (χ3n) is 6.15. The van der Waals surface area contributed by atoms with Crippen LogP contribution in [0.15, 0.2) is 71.6 Å². The van der Waals surface area contributed by atoms with Gasteiger partial charge in [0, 0.05) is 29.7 Å². The molecule has 0 heterocycles. The number of likely N-dealkylation sites (N-methyl/N-ethyl adjacent to an activating group) is 1. The first kappa shape index (κ1) is 30.7. The number of ether oxygens (including phenoxy) is 2. The fraction of sp³-hybridized carbons (Fsp3) is 0.286. The number of hydrogen-bond donors (Lipinski definition) is 1. The quantitative estimate of drug-likeness (QED) is 0.338. The Morgan fingerprint density at radius 3 is 2.25 bits per heavy atom. The van der Waals surface area contributed by atoms with Gasteiger partial charge in [-0.25, -0.2) is 12.8 Å². The number of anilines is 1. The molecule has 1 unspecified atom stereocenters. The van der Waals surface area contributed by atoms with Crippen molar-refractivity contribution < 1.29 is 31.9 Å². The summed E-state index contributed by atoms with van der Waals surface area (Å²) < 4.78 is 53.8. The van der Waals surface area contributed by atoms with Gasteiger partial charge in [0.05, 0.1) is 24.8 Å². The van der Waals surface area contributed by atoms with E-state index in [-0.39, 0.29) is 28.4 Å². The molecule has 9 nitrogen and oxygen atoms in total. The van der Waals surface area contributed by atoms with Crippen LogP contribution in [0.3, 0.4) is 0 Å². The summed E-state index contributed by atoms with van der Waals surface area (Å²) >= 11 is 6.03. The van der Waals surface area contributed by atoms with Gasteiger partial charge in [-0.05, 0) is 56.3 Å². The molecule has 2 amide bonds. The molecule has 0 saturated carbocycles. The highest BCUT2D eigenvalue weighted by Gasteiger charge is 2.33. The third-order valence-corrected chi connectivity index (χ3v) is 8.18. The van der Waals surface area contributed by atoms with Crippen LogP contribution in [0.1, 0.15) is 19.4 Å². The number of amides is 2. The van der Waals surface area contributed by atoms with Crippen LogP contribution >= 0.6 is 11.6 Å². The second-order valence-electron chi connectivity index (χ2n) is 8.69. The minimum Gasteiger partial charge on any atom is -0.493 e. The zero-order valence-corrected chi connectivity index (χ0v) is 24.1. The smallest absolute Gasteiger partial charge is 0.264 e. The van der Waals surface area contributed by atoms with E-state index in [4.69, 9.17) is 21.1 Å². The van der Waals surface area contributed by atoms with Crippen LogP contribution in [0, 0.1) is 5.82 Å². The zero-order valence-electron chi connectivity index (χ0n) is 22.6. The molecule has 0 fully saturated rings. The molecule has 3 aromatic rings. The normalized spacial score (nSPS) is 11.8. The fourth-order valence-corrected chi connectivity index (χ4v) is 5.51. The first-order valence-corrected chi connectivity index (χ1v) is 14.2. The van der Waals surface area contributed by atoms with Crippen LogP contribution in [-0.2, 0) is 26.2 Å². The summed E-state index contributed by atoms with van der Waals surface area (Å²) in [4.78, 5) is 27.5. The standard InChI is InChI=1S/C28H31ClFN3O6S/c1-5-31-28(35)19(2)32(17-20-8-6-7-9-24(20)30)27(34)18-33(22-12-10-21(29)11-13-22)40(36,37)23-14-15-25(38-3)26(16-23)39-4/h6-16,19H,5,17-18H2,1-4H3,(H,31,35). The second-order valence-corrected chi connectivity index (χ2v) is 11.0. The number of sulfonamides is 1. The number of nitrogens with one attached hydrogen (secondary N) is 1. The van der Waals surface area contributed by atoms with Crippen molar-refractivity contribution in [2.45, 2.75) is 31.3 Å². The molecule has 0 aliphatic rings. The lowest BCUT2D eigenvalue weighted by atomic mass is 10.1. The molecule has 1 N–H and O–H groups in total. The molecule has 3 aromatic carbocycles. The largest absolute Gasteiger partial charge is 0.493 e. The molecule has 0 aliphatic carbocycles. The maximum Gasteiger partial charge on any atom is 0.264 e. The Morgan fingerprint density at radius 1 is 1.00 bits per heavy atom. The van der Waals surface area contributed by atoms with Gasteiger partial charge in [-0.2, -0.15) is 0 Å². The molecular formula is C28H31ClFN3O6S. The van der Waals surface area contributed by atoms with Gasteiger partial charge in [-0.1, -0.05) is 29.8 Å². The Hall–Kier alpha value is -3.83. The molecule has 1 atom stereocenters. The van der Waals surface area contributed by atoms with E-state index >= 15 is 0 Å². The van der Waals surface area contributed by atoms with Crippen molar-refractivity contribution in [3.05, 3.63) is 83.1 Å². The second kappa shape index (κ2) is 13.5. The highest BCUT2D eigenvalue weighted by molar-refractivity contribution is 7.92. The van der Waals surface area contributed by atoms with Crippen molar-refractivity contribution in [2.75, 3.05) is 31.6 Å². The van der Waals surface area contributed by atoms with Gasteiger partial charge in [0.15, 0.2) is 11.5 Å². The van der Waals surface area contributed by atoms with Crippen LogP contribution in [-0.4, -0.2) is 58.5 Å². The number of methoxy groups -OCH3 is 2. The van der Waals surface area contributed by atoms with E-state index in [0.29, 0.717) is 17.3 Å². The lowest BCUT2D eigenvalue weighted by Crippen LogP contribution is -2.51. The summed E-state index contributed by atoms with van der Waals surface area (Å²) in [6, 6.07) is 14.8. The maximum absolute atomic E-state index is 14.6. The third kappa shape index (κ3) is 7.02. The SMILES string of the molecule is CCNC(=O)C(C)N(Cc1ccccc1F)C(=O)CN(c1ccc(Cl)cc1)S(=O)(=O)c1ccc(OC)c(OC)c1. The molecule has 0 radical (unpaired) electrons. The van der Waals surface area contributed by atoms with Gasteiger partial charge in [-0.3, -0.25) is 13.9 Å². The van der Waals surface area contributed by atoms with E-state index in [1.54, 1.807) is 13.0 Å². The van der Waals surface area contributed by atoms with Gasteiger partial charge in [-0.15, -0.1) is 0 Å². The van der Waals surface area contributed by atoms with E-state index in [1.807, 2.05) is 0 Å². The lowest BCUT2D eigenvalue weighted by molar-refractivity contribution is -0.139. The van der Waals surface area contributed by atoms with Crippen LogP contribution in [0.4, 0.5) is 10.1 Å². The van der Waals surface area contributed by atoms with Crippen LogP contribution in [0.2, 0.25) is 5.02 Å². The first-order valence-electron chi connectivity index (χ1n) is 12.3. The van der Waals surface area contributed by atoms with E-state index in [2.05, 4.69) is 5.32 Å². The number of rotatable bonds is 12. The number of benzene rings is 3. The average Bonchev–Trinajstić information content (AvgIpc) is 2.95. The lowest BCUT2D eigenvalue weighted by Gasteiger charge is -2.32. The van der Waals surface area contributed by atoms with Crippen molar-refractivity contribution >= 4 is 39.1 Å². The van der Waals surface area contributed by atoms with E-state index in [1.165, 1.54) is 81.8 Å². The highest BCUT2D eigenvalue weighted by Crippen LogP contribution is 2.32. The molecule has 214 valence electrons. The number of hydrogen-bond acceptors (Lipinski definition) is 6. The van der Waals surface area contributed by atoms with Crippen molar-refractivity contribution in [1.82, 2.24) is 10.2 Å². The highest BCUT2D eigenvalue weighted by atomic mass is 35.5. The van der Waals surface area contributed by atoms with E-state index < -0.39 is 40.2 Å². The number of carbonyl (C=O) groups excluding carboxylic acids is 2. The predicted octanol–water partition coefficient (Wildman–Crippen LogP) is 4.25. The Morgan fingerprint density at radius 2 is 1.65 bits per heavy atom. The first-order chi connectivity index (χ1) is 19.0. The van der Waals surface area contributed by atoms with Gasteiger partial charge in [0.2, 0.25) is 11.8 Å².